The van der Waals surface area contributed by atoms with Crippen molar-refractivity contribution in [2.75, 3.05) is 20.3 Å². The van der Waals surface area contributed by atoms with Crippen LogP contribution in [0, 0.1) is 6.92 Å². The normalized spacial score (nSPS) is 16.5. The molecule has 1 aromatic carbocycles. The van der Waals surface area contributed by atoms with Gasteiger partial charge in [-0.25, -0.2) is 0 Å². The van der Waals surface area contributed by atoms with Crippen LogP contribution < -0.4 is 20.5 Å². The van der Waals surface area contributed by atoms with Gasteiger partial charge in [-0.3, -0.25) is 0 Å². The number of aryl methyl sites for hydroxylation is 1. The predicted molar refractivity (Wildman–Crippen MR) is 72.2 cm³/mol. The van der Waals surface area contributed by atoms with Gasteiger partial charge in [0.15, 0.2) is 11.5 Å². The molecule has 0 aliphatic carbocycles. The number of nitrogens with one attached hydrogen (secondary N) is 1. The van der Waals surface area contributed by atoms with Gasteiger partial charge in [0.1, 0.15) is 13.2 Å². The van der Waals surface area contributed by atoms with Crippen LogP contribution in [0.2, 0.25) is 0 Å². The zero-order chi connectivity index (χ0) is 13.3. The molecule has 1 aromatic rings. The van der Waals surface area contributed by atoms with E-state index in [0.29, 0.717) is 13.2 Å². The molecule has 1 heterocycles. The molecule has 18 heavy (non-hydrogen) atoms. The first-order valence-electron chi connectivity index (χ1n) is 6.30. The van der Waals surface area contributed by atoms with Gasteiger partial charge in [-0.1, -0.05) is 0 Å². The minimum Gasteiger partial charge on any atom is -0.486 e. The topological polar surface area (TPSA) is 56.5 Å². The standard InChI is InChI=1S/C14H22N2O2/c1-9-7-11-12(18-6-5-17-11)8-10(9)13(15)14(2,3)16-4/h7-8,13,16H,5-6,15H2,1-4H3. The van der Waals surface area contributed by atoms with E-state index >= 15 is 0 Å². The highest BCUT2D eigenvalue weighted by atomic mass is 16.6. The molecule has 0 bridgehead atoms. The molecule has 4 heteroatoms. The fraction of sp³-hybridized carbons (Fsp3) is 0.571. The summed E-state index contributed by atoms with van der Waals surface area (Å²) in [5, 5.41) is 3.25. The number of hydrogen-bond donors (Lipinski definition) is 2. The molecule has 0 radical (unpaired) electrons. The van der Waals surface area contributed by atoms with E-state index in [4.69, 9.17) is 15.2 Å². The number of rotatable bonds is 3. The molecular weight excluding hydrogens is 228 g/mol. The van der Waals surface area contributed by atoms with Crippen molar-refractivity contribution in [3.05, 3.63) is 23.3 Å². The third kappa shape index (κ3) is 2.31. The lowest BCUT2D eigenvalue weighted by Gasteiger charge is -2.33. The predicted octanol–water partition coefficient (Wildman–Crippen LogP) is 1.76. The smallest absolute Gasteiger partial charge is 0.161 e. The first-order valence-corrected chi connectivity index (χ1v) is 6.30. The van der Waals surface area contributed by atoms with Crippen LogP contribution in [0.25, 0.3) is 0 Å². The van der Waals surface area contributed by atoms with E-state index in [2.05, 4.69) is 26.1 Å². The minimum atomic E-state index is -0.172. The molecule has 0 aromatic heterocycles. The van der Waals surface area contributed by atoms with Crippen molar-refractivity contribution in [3.8, 4) is 11.5 Å². The van der Waals surface area contributed by atoms with Crippen LogP contribution in [0.1, 0.15) is 31.0 Å². The Bertz CT molecular complexity index is 444. The lowest BCUT2D eigenvalue weighted by atomic mass is 9.87. The molecule has 2 rings (SSSR count). The Morgan fingerprint density at radius 2 is 1.78 bits per heavy atom. The summed E-state index contributed by atoms with van der Waals surface area (Å²) in [4.78, 5) is 0. The maximum atomic E-state index is 6.36. The highest BCUT2D eigenvalue weighted by Crippen LogP contribution is 2.36. The Labute approximate surface area is 108 Å². The Kier molecular flexibility index (Phi) is 3.50. The van der Waals surface area contributed by atoms with Crippen LogP contribution in [0.15, 0.2) is 12.1 Å². The number of likely N-dealkylation sites (N-methyl/N-ethyl adjacent to an activating group) is 1. The Hall–Kier alpha value is -1.26. The van der Waals surface area contributed by atoms with Crippen LogP contribution in [0.5, 0.6) is 11.5 Å². The van der Waals surface area contributed by atoms with Gasteiger partial charge >= 0.3 is 0 Å². The SMILES string of the molecule is CNC(C)(C)C(N)c1cc2c(cc1C)OCCO2. The van der Waals surface area contributed by atoms with E-state index in [9.17, 15) is 0 Å². The Balaban J connectivity index is 2.39. The van der Waals surface area contributed by atoms with E-state index in [-0.39, 0.29) is 11.6 Å². The molecule has 1 atom stereocenters. The number of ether oxygens (including phenoxy) is 2. The highest BCUT2D eigenvalue weighted by molar-refractivity contribution is 5.49. The molecule has 1 aliphatic rings. The van der Waals surface area contributed by atoms with Gasteiger partial charge in [-0.05, 0) is 51.1 Å². The largest absolute Gasteiger partial charge is 0.486 e. The monoisotopic (exact) mass is 250 g/mol. The fourth-order valence-corrected chi connectivity index (χ4v) is 2.09. The van der Waals surface area contributed by atoms with Crippen molar-refractivity contribution in [1.82, 2.24) is 5.32 Å². The summed E-state index contributed by atoms with van der Waals surface area (Å²) >= 11 is 0. The number of benzene rings is 1. The molecule has 3 N–H and O–H groups in total. The maximum Gasteiger partial charge on any atom is 0.161 e. The zero-order valence-corrected chi connectivity index (χ0v) is 11.5. The van der Waals surface area contributed by atoms with Gasteiger partial charge < -0.3 is 20.5 Å². The van der Waals surface area contributed by atoms with E-state index in [1.54, 1.807) is 0 Å². The molecule has 0 amide bonds. The molecular formula is C14H22N2O2. The summed E-state index contributed by atoms with van der Waals surface area (Å²) in [7, 11) is 1.92. The second-order valence-electron chi connectivity index (χ2n) is 5.30. The number of hydrogen-bond acceptors (Lipinski definition) is 4. The molecule has 1 aliphatic heterocycles. The summed E-state index contributed by atoms with van der Waals surface area (Å²) < 4.78 is 11.2. The first kappa shape index (κ1) is 13.2. The van der Waals surface area contributed by atoms with Crippen molar-refractivity contribution in [3.63, 3.8) is 0 Å². The third-order valence-corrected chi connectivity index (χ3v) is 3.69. The minimum absolute atomic E-state index is 0.0988. The summed E-state index contributed by atoms with van der Waals surface area (Å²) in [5.41, 5.74) is 8.42. The van der Waals surface area contributed by atoms with E-state index in [1.807, 2.05) is 19.2 Å². The van der Waals surface area contributed by atoms with Crippen molar-refractivity contribution < 1.29 is 9.47 Å². The van der Waals surface area contributed by atoms with Crippen LogP contribution in [0.3, 0.4) is 0 Å². The van der Waals surface area contributed by atoms with Crippen LogP contribution in [-0.4, -0.2) is 25.8 Å². The quantitative estimate of drug-likeness (QED) is 0.858. The average molecular weight is 250 g/mol. The maximum absolute atomic E-state index is 6.36. The van der Waals surface area contributed by atoms with Gasteiger partial charge in [0, 0.05) is 11.6 Å². The summed E-state index contributed by atoms with van der Waals surface area (Å²) in [5.74, 6) is 1.61. The molecule has 100 valence electrons. The molecule has 0 spiro atoms. The van der Waals surface area contributed by atoms with Gasteiger partial charge in [-0.15, -0.1) is 0 Å². The highest BCUT2D eigenvalue weighted by Gasteiger charge is 2.28. The van der Waals surface area contributed by atoms with Crippen LogP contribution in [-0.2, 0) is 0 Å². The van der Waals surface area contributed by atoms with E-state index in [1.165, 1.54) is 0 Å². The first-order chi connectivity index (χ1) is 8.45. The van der Waals surface area contributed by atoms with Crippen molar-refractivity contribution in [2.24, 2.45) is 5.73 Å². The molecule has 0 fully saturated rings. The summed E-state index contributed by atoms with van der Waals surface area (Å²) in [6, 6.07) is 3.92. The third-order valence-electron chi connectivity index (χ3n) is 3.69. The van der Waals surface area contributed by atoms with Crippen LogP contribution in [0.4, 0.5) is 0 Å². The molecule has 0 saturated heterocycles. The number of nitrogens with two attached hydrogens (primary N) is 1. The van der Waals surface area contributed by atoms with Crippen molar-refractivity contribution >= 4 is 0 Å². The molecule has 0 saturated carbocycles. The van der Waals surface area contributed by atoms with Gasteiger partial charge in [0.05, 0.1) is 0 Å². The number of fused-ring (bicyclic) bond motifs is 1. The Morgan fingerprint density at radius 3 is 2.33 bits per heavy atom. The van der Waals surface area contributed by atoms with E-state index < -0.39 is 0 Å². The van der Waals surface area contributed by atoms with E-state index in [0.717, 1.165) is 22.6 Å². The summed E-state index contributed by atoms with van der Waals surface area (Å²) in [6.07, 6.45) is 0. The van der Waals surface area contributed by atoms with Gasteiger partial charge in [-0.2, -0.15) is 0 Å². The fourth-order valence-electron chi connectivity index (χ4n) is 2.09. The second kappa shape index (κ2) is 4.78. The van der Waals surface area contributed by atoms with Crippen molar-refractivity contribution in [1.29, 1.82) is 0 Å². The van der Waals surface area contributed by atoms with Crippen LogP contribution >= 0.6 is 0 Å². The average Bonchev–Trinajstić information content (AvgIpc) is 2.37. The van der Waals surface area contributed by atoms with Crippen molar-refractivity contribution in [2.45, 2.75) is 32.4 Å². The lowest BCUT2D eigenvalue weighted by molar-refractivity contribution is 0.171. The van der Waals surface area contributed by atoms with Gasteiger partial charge in [0.25, 0.3) is 0 Å². The molecule has 4 nitrogen and oxygen atoms in total. The second-order valence-corrected chi connectivity index (χ2v) is 5.30. The lowest BCUT2D eigenvalue weighted by Crippen LogP contribution is -2.46. The molecule has 1 unspecified atom stereocenters. The zero-order valence-electron chi connectivity index (χ0n) is 11.5. The van der Waals surface area contributed by atoms with Gasteiger partial charge in [0.2, 0.25) is 0 Å². The Morgan fingerprint density at radius 1 is 1.22 bits per heavy atom. The summed E-state index contributed by atoms with van der Waals surface area (Å²) in [6.45, 7) is 7.45.